The molecule has 136 valence electrons. The quantitative estimate of drug-likeness (QED) is 0.287. The second-order valence-electron chi connectivity index (χ2n) is 6.44. The smallest absolute Gasteiger partial charge is 0.128 e. The monoisotopic (exact) mass is 363 g/mol. The standard InChI is InChI=1S/C26H21NO/c1-28-26(21-12-4-2-5-13-21)19-25(27-22-15-6-3-7-16-22)24-18-10-14-20-11-8-9-17-23(20)24/h2-19H,1H3/b26-19-,27-25-. The molecule has 0 aliphatic heterocycles. The summed E-state index contributed by atoms with van der Waals surface area (Å²) >= 11 is 0. The van der Waals surface area contributed by atoms with E-state index in [0.29, 0.717) is 0 Å². The second-order valence-corrected chi connectivity index (χ2v) is 6.44. The van der Waals surface area contributed by atoms with Gasteiger partial charge in [-0.15, -0.1) is 0 Å². The van der Waals surface area contributed by atoms with Gasteiger partial charge in [0.2, 0.25) is 0 Å². The van der Waals surface area contributed by atoms with Crippen molar-refractivity contribution in [2.45, 2.75) is 0 Å². The third kappa shape index (κ3) is 3.86. The summed E-state index contributed by atoms with van der Waals surface area (Å²) in [5.74, 6) is 0.781. The van der Waals surface area contributed by atoms with Crippen molar-refractivity contribution in [1.29, 1.82) is 0 Å². The predicted octanol–water partition coefficient (Wildman–Crippen LogP) is 6.65. The second kappa shape index (κ2) is 8.36. The topological polar surface area (TPSA) is 21.6 Å². The molecule has 0 atom stereocenters. The van der Waals surface area contributed by atoms with Gasteiger partial charge in [-0.05, 0) is 22.9 Å². The fourth-order valence-electron chi connectivity index (χ4n) is 3.25. The van der Waals surface area contributed by atoms with Crippen molar-refractivity contribution in [2.75, 3.05) is 7.11 Å². The van der Waals surface area contributed by atoms with Gasteiger partial charge in [0, 0.05) is 17.2 Å². The molecule has 0 spiro atoms. The van der Waals surface area contributed by atoms with Crippen LogP contribution in [0, 0.1) is 0 Å². The lowest BCUT2D eigenvalue weighted by Gasteiger charge is -2.11. The summed E-state index contributed by atoms with van der Waals surface area (Å²) in [6.07, 6.45) is 2.02. The van der Waals surface area contributed by atoms with Gasteiger partial charge in [-0.2, -0.15) is 0 Å². The van der Waals surface area contributed by atoms with Gasteiger partial charge in [0.25, 0.3) is 0 Å². The van der Waals surface area contributed by atoms with E-state index in [0.717, 1.165) is 28.3 Å². The molecule has 4 aromatic carbocycles. The Morgan fingerprint density at radius 1 is 0.714 bits per heavy atom. The highest BCUT2D eigenvalue weighted by atomic mass is 16.5. The van der Waals surface area contributed by atoms with Crippen molar-refractivity contribution in [3.05, 3.63) is 120 Å². The Labute approximate surface area is 165 Å². The minimum absolute atomic E-state index is 0.781. The molecule has 2 heteroatoms. The van der Waals surface area contributed by atoms with Gasteiger partial charge in [-0.3, -0.25) is 0 Å². The number of hydrogen-bond donors (Lipinski definition) is 0. The summed E-state index contributed by atoms with van der Waals surface area (Å²) in [6, 6.07) is 34.8. The van der Waals surface area contributed by atoms with Gasteiger partial charge in [0.05, 0.1) is 18.5 Å². The summed E-state index contributed by atoms with van der Waals surface area (Å²) in [5, 5.41) is 2.35. The molecule has 0 amide bonds. The Kier molecular flexibility index (Phi) is 5.30. The molecule has 0 N–H and O–H groups in total. The lowest BCUT2D eigenvalue weighted by Crippen LogP contribution is -2.01. The van der Waals surface area contributed by atoms with E-state index in [1.165, 1.54) is 10.8 Å². The fourth-order valence-corrected chi connectivity index (χ4v) is 3.25. The van der Waals surface area contributed by atoms with Gasteiger partial charge in [-0.1, -0.05) is 91.0 Å². The van der Waals surface area contributed by atoms with E-state index in [2.05, 4.69) is 42.5 Å². The molecule has 2 nitrogen and oxygen atoms in total. The van der Waals surface area contributed by atoms with Crippen LogP contribution in [-0.4, -0.2) is 12.8 Å². The zero-order valence-electron chi connectivity index (χ0n) is 15.7. The SMILES string of the molecule is CO/C(=C\C(=N\c1ccccc1)c1cccc2ccccc12)c1ccccc1. The van der Waals surface area contributed by atoms with Gasteiger partial charge in [0.15, 0.2) is 0 Å². The first kappa shape index (κ1) is 17.7. The number of allylic oxidation sites excluding steroid dienone is 1. The number of aliphatic imine (C=N–C) groups is 1. The first-order valence-corrected chi connectivity index (χ1v) is 9.28. The average Bonchev–Trinajstić information content (AvgIpc) is 2.77. The Balaban J connectivity index is 1.92. The fraction of sp³-hybridized carbons (Fsp3) is 0.0385. The van der Waals surface area contributed by atoms with E-state index < -0.39 is 0 Å². The Hall–Kier alpha value is -3.65. The first-order valence-electron chi connectivity index (χ1n) is 9.28. The van der Waals surface area contributed by atoms with Crippen LogP contribution in [0.25, 0.3) is 16.5 Å². The van der Waals surface area contributed by atoms with Crippen molar-refractivity contribution in [3.8, 4) is 0 Å². The lowest BCUT2D eigenvalue weighted by atomic mass is 9.99. The highest BCUT2D eigenvalue weighted by molar-refractivity contribution is 6.19. The van der Waals surface area contributed by atoms with Crippen LogP contribution in [0.5, 0.6) is 0 Å². The van der Waals surface area contributed by atoms with Crippen LogP contribution in [0.1, 0.15) is 11.1 Å². The van der Waals surface area contributed by atoms with Crippen molar-refractivity contribution in [3.63, 3.8) is 0 Å². The van der Waals surface area contributed by atoms with E-state index in [1.54, 1.807) is 7.11 Å². The Morgan fingerprint density at radius 3 is 2.11 bits per heavy atom. The van der Waals surface area contributed by atoms with E-state index >= 15 is 0 Å². The number of para-hydroxylation sites is 1. The minimum atomic E-state index is 0.781. The van der Waals surface area contributed by atoms with Crippen LogP contribution in [0.3, 0.4) is 0 Å². The molecule has 0 unspecified atom stereocenters. The maximum atomic E-state index is 5.72. The molecule has 0 fully saturated rings. The number of ether oxygens (including phenoxy) is 1. The molecular weight excluding hydrogens is 342 g/mol. The third-order valence-electron chi connectivity index (χ3n) is 4.62. The van der Waals surface area contributed by atoms with Crippen LogP contribution in [0.4, 0.5) is 5.69 Å². The summed E-state index contributed by atoms with van der Waals surface area (Å²) in [4.78, 5) is 4.95. The minimum Gasteiger partial charge on any atom is -0.496 e. The molecule has 0 aliphatic rings. The van der Waals surface area contributed by atoms with E-state index in [4.69, 9.17) is 9.73 Å². The van der Waals surface area contributed by atoms with Crippen molar-refractivity contribution >= 4 is 27.9 Å². The van der Waals surface area contributed by atoms with Crippen molar-refractivity contribution in [2.24, 2.45) is 4.99 Å². The molecular formula is C26H21NO. The molecule has 0 heterocycles. The summed E-state index contributed by atoms with van der Waals surface area (Å²) < 4.78 is 5.72. The van der Waals surface area contributed by atoms with Gasteiger partial charge >= 0.3 is 0 Å². The average molecular weight is 363 g/mol. The maximum absolute atomic E-state index is 5.72. The summed E-state index contributed by atoms with van der Waals surface area (Å²) in [5.41, 5.74) is 3.87. The Bertz CT molecular complexity index is 1120. The number of fused-ring (bicyclic) bond motifs is 1. The molecule has 0 aromatic heterocycles. The number of benzene rings is 4. The van der Waals surface area contributed by atoms with Gasteiger partial charge < -0.3 is 4.74 Å². The number of rotatable bonds is 5. The first-order chi connectivity index (χ1) is 13.8. The van der Waals surface area contributed by atoms with E-state index in [9.17, 15) is 0 Å². The number of methoxy groups -OCH3 is 1. The number of nitrogens with zero attached hydrogens (tertiary/aromatic N) is 1. The summed E-state index contributed by atoms with van der Waals surface area (Å²) in [7, 11) is 1.70. The molecule has 0 bridgehead atoms. The highest BCUT2D eigenvalue weighted by Crippen LogP contribution is 2.24. The molecule has 4 aromatic rings. The molecule has 0 aliphatic carbocycles. The molecule has 4 rings (SSSR count). The zero-order valence-corrected chi connectivity index (χ0v) is 15.7. The summed E-state index contributed by atoms with van der Waals surface area (Å²) in [6.45, 7) is 0. The molecule has 0 saturated carbocycles. The van der Waals surface area contributed by atoms with E-state index in [-0.39, 0.29) is 0 Å². The maximum Gasteiger partial charge on any atom is 0.128 e. The van der Waals surface area contributed by atoms with Crippen molar-refractivity contribution < 1.29 is 4.74 Å². The van der Waals surface area contributed by atoms with E-state index in [1.807, 2.05) is 66.7 Å². The molecule has 0 saturated heterocycles. The van der Waals surface area contributed by atoms with Gasteiger partial charge in [0.1, 0.15) is 5.76 Å². The lowest BCUT2D eigenvalue weighted by molar-refractivity contribution is 0.370. The Morgan fingerprint density at radius 2 is 1.36 bits per heavy atom. The predicted molar refractivity (Wildman–Crippen MR) is 118 cm³/mol. The normalized spacial score (nSPS) is 12.2. The third-order valence-corrected chi connectivity index (χ3v) is 4.62. The van der Waals surface area contributed by atoms with Crippen molar-refractivity contribution in [1.82, 2.24) is 0 Å². The zero-order chi connectivity index (χ0) is 19.2. The highest BCUT2D eigenvalue weighted by Gasteiger charge is 2.10. The van der Waals surface area contributed by atoms with Crippen LogP contribution in [0.15, 0.2) is 114 Å². The van der Waals surface area contributed by atoms with Crippen LogP contribution >= 0.6 is 0 Å². The largest absolute Gasteiger partial charge is 0.496 e. The molecule has 0 radical (unpaired) electrons. The van der Waals surface area contributed by atoms with Crippen LogP contribution < -0.4 is 0 Å². The van der Waals surface area contributed by atoms with Gasteiger partial charge in [-0.25, -0.2) is 4.99 Å². The molecule has 28 heavy (non-hydrogen) atoms. The van der Waals surface area contributed by atoms with Crippen LogP contribution in [-0.2, 0) is 4.74 Å². The number of hydrogen-bond acceptors (Lipinski definition) is 2. The van der Waals surface area contributed by atoms with Crippen LogP contribution in [0.2, 0.25) is 0 Å².